The largest absolute Gasteiger partial charge is 0.375 e. The van der Waals surface area contributed by atoms with E-state index in [9.17, 15) is 0 Å². The maximum absolute atomic E-state index is 5.71. The predicted octanol–water partition coefficient (Wildman–Crippen LogP) is 2.20. The van der Waals surface area contributed by atoms with Crippen molar-refractivity contribution in [3.63, 3.8) is 0 Å². The summed E-state index contributed by atoms with van der Waals surface area (Å²) in [6.45, 7) is 1.56. The Labute approximate surface area is 91.6 Å². The summed E-state index contributed by atoms with van der Waals surface area (Å²) in [6, 6.07) is 10.9. The van der Waals surface area contributed by atoms with Crippen LogP contribution in [0, 0.1) is 5.92 Å². The zero-order valence-electron chi connectivity index (χ0n) is 9.28. The Bertz CT molecular complexity index is 282. The van der Waals surface area contributed by atoms with Crippen molar-refractivity contribution in [2.45, 2.75) is 25.5 Å². The molecular weight excluding hydrogens is 186 g/mol. The lowest BCUT2D eigenvalue weighted by Gasteiger charge is -2.15. The summed E-state index contributed by atoms with van der Waals surface area (Å²) in [7, 11) is 2.02. The zero-order valence-corrected chi connectivity index (χ0v) is 9.28. The average molecular weight is 205 g/mol. The van der Waals surface area contributed by atoms with Gasteiger partial charge < -0.3 is 10.1 Å². The molecule has 1 atom stereocenters. The molecule has 15 heavy (non-hydrogen) atoms. The molecule has 1 unspecified atom stereocenters. The summed E-state index contributed by atoms with van der Waals surface area (Å²) in [6.07, 6.45) is 2.72. The van der Waals surface area contributed by atoms with Crippen LogP contribution in [0.1, 0.15) is 18.4 Å². The van der Waals surface area contributed by atoms with Crippen molar-refractivity contribution in [1.82, 2.24) is 5.32 Å². The van der Waals surface area contributed by atoms with E-state index in [2.05, 4.69) is 29.6 Å². The van der Waals surface area contributed by atoms with E-state index in [1.807, 2.05) is 13.1 Å². The van der Waals surface area contributed by atoms with Gasteiger partial charge in [-0.25, -0.2) is 0 Å². The normalized spacial score (nSPS) is 17.7. The first-order chi connectivity index (χ1) is 7.40. The summed E-state index contributed by atoms with van der Waals surface area (Å²) in [4.78, 5) is 0. The van der Waals surface area contributed by atoms with E-state index in [-0.39, 0.29) is 0 Å². The van der Waals surface area contributed by atoms with Gasteiger partial charge in [-0.2, -0.15) is 0 Å². The molecule has 1 aromatic carbocycles. The number of likely N-dealkylation sites (N-methyl/N-ethyl adjacent to an activating group) is 1. The average Bonchev–Trinajstić information content (AvgIpc) is 3.10. The van der Waals surface area contributed by atoms with Gasteiger partial charge in [-0.1, -0.05) is 30.3 Å². The van der Waals surface area contributed by atoms with Gasteiger partial charge in [-0.05, 0) is 31.4 Å². The smallest absolute Gasteiger partial charge is 0.0717 e. The van der Waals surface area contributed by atoms with Crippen LogP contribution in [-0.4, -0.2) is 19.7 Å². The molecule has 2 rings (SSSR count). The van der Waals surface area contributed by atoms with Crippen molar-refractivity contribution in [1.29, 1.82) is 0 Å². The number of nitrogens with one attached hydrogen (secondary N) is 1. The van der Waals surface area contributed by atoms with Gasteiger partial charge >= 0.3 is 0 Å². The lowest BCUT2D eigenvalue weighted by molar-refractivity contribution is 0.0951. The van der Waals surface area contributed by atoms with Crippen molar-refractivity contribution in [2.75, 3.05) is 13.7 Å². The third-order valence-electron chi connectivity index (χ3n) is 2.97. The van der Waals surface area contributed by atoms with Crippen LogP contribution in [0.5, 0.6) is 0 Å². The quantitative estimate of drug-likeness (QED) is 0.768. The van der Waals surface area contributed by atoms with Crippen molar-refractivity contribution >= 4 is 0 Å². The predicted molar refractivity (Wildman–Crippen MR) is 61.7 cm³/mol. The van der Waals surface area contributed by atoms with Gasteiger partial charge in [0.05, 0.1) is 13.2 Å². The minimum absolute atomic E-state index is 0.550. The van der Waals surface area contributed by atoms with Gasteiger partial charge in [0.1, 0.15) is 0 Å². The molecule has 1 fully saturated rings. The molecular formula is C13H19NO. The van der Waals surface area contributed by atoms with E-state index in [0.717, 1.165) is 19.1 Å². The molecule has 0 radical (unpaired) electrons. The fourth-order valence-electron chi connectivity index (χ4n) is 1.83. The van der Waals surface area contributed by atoms with Crippen LogP contribution in [0.2, 0.25) is 0 Å². The molecule has 1 saturated carbocycles. The Morgan fingerprint density at radius 3 is 2.67 bits per heavy atom. The first kappa shape index (κ1) is 10.7. The molecule has 2 nitrogen and oxygen atoms in total. The highest BCUT2D eigenvalue weighted by Crippen LogP contribution is 2.32. The van der Waals surface area contributed by atoms with Crippen LogP contribution in [0.4, 0.5) is 0 Å². The summed E-state index contributed by atoms with van der Waals surface area (Å²) >= 11 is 0. The second-order valence-electron chi connectivity index (χ2n) is 4.23. The Kier molecular flexibility index (Phi) is 3.75. The standard InChI is InChI=1S/C13H19NO/c1-14-13(12-7-8-12)10-15-9-11-5-3-2-4-6-11/h2-6,12-14H,7-10H2,1H3. The Morgan fingerprint density at radius 1 is 1.33 bits per heavy atom. The maximum Gasteiger partial charge on any atom is 0.0717 e. The number of benzene rings is 1. The highest BCUT2D eigenvalue weighted by atomic mass is 16.5. The van der Waals surface area contributed by atoms with E-state index >= 15 is 0 Å². The molecule has 0 amide bonds. The Hall–Kier alpha value is -0.860. The Balaban J connectivity index is 1.69. The monoisotopic (exact) mass is 205 g/mol. The van der Waals surface area contributed by atoms with Gasteiger partial charge in [-0.3, -0.25) is 0 Å². The molecule has 0 bridgehead atoms. The first-order valence-corrected chi connectivity index (χ1v) is 5.69. The highest BCUT2D eigenvalue weighted by molar-refractivity contribution is 5.13. The molecule has 1 aliphatic carbocycles. The number of hydrogen-bond donors (Lipinski definition) is 1. The molecule has 2 heteroatoms. The third-order valence-corrected chi connectivity index (χ3v) is 2.97. The molecule has 0 heterocycles. The van der Waals surface area contributed by atoms with Crippen LogP contribution in [-0.2, 0) is 11.3 Å². The van der Waals surface area contributed by atoms with Crippen LogP contribution in [0.15, 0.2) is 30.3 Å². The Morgan fingerprint density at radius 2 is 2.07 bits per heavy atom. The van der Waals surface area contributed by atoms with E-state index in [1.165, 1.54) is 18.4 Å². The summed E-state index contributed by atoms with van der Waals surface area (Å²) in [5.74, 6) is 0.853. The van der Waals surface area contributed by atoms with Gasteiger partial charge in [-0.15, -0.1) is 0 Å². The van der Waals surface area contributed by atoms with Crippen LogP contribution in [0.25, 0.3) is 0 Å². The van der Waals surface area contributed by atoms with Crippen LogP contribution < -0.4 is 5.32 Å². The number of rotatable bonds is 6. The van der Waals surface area contributed by atoms with E-state index in [1.54, 1.807) is 0 Å². The van der Waals surface area contributed by atoms with Gasteiger partial charge in [0.2, 0.25) is 0 Å². The van der Waals surface area contributed by atoms with Crippen molar-refractivity contribution in [2.24, 2.45) is 5.92 Å². The minimum atomic E-state index is 0.550. The molecule has 0 aromatic heterocycles. The van der Waals surface area contributed by atoms with E-state index in [0.29, 0.717) is 6.04 Å². The van der Waals surface area contributed by atoms with E-state index < -0.39 is 0 Å². The fraction of sp³-hybridized carbons (Fsp3) is 0.538. The van der Waals surface area contributed by atoms with Gasteiger partial charge in [0.25, 0.3) is 0 Å². The van der Waals surface area contributed by atoms with Crippen molar-refractivity contribution in [3.05, 3.63) is 35.9 Å². The summed E-state index contributed by atoms with van der Waals surface area (Å²) in [5, 5.41) is 3.33. The van der Waals surface area contributed by atoms with Crippen molar-refractivity contribution < 1.29 is 4.74 Å². The molecule has 1 aromatic rings. The van der Waals surface area contributed by atoms with Crippen molar-refractivity contribution in [3.8, 4) is 0 Å². The lowest BCUT2D eigenvalue weighted by atomic mass is 10.2. The summed E-state index contributed by atoms with van der Waals surface area (Å²) in [5.41, 5.74) is 1.25. The maximum atomic E-state index is 5.71. The van der Waals surface area contributed by atoms with Gasteiger partial charge in [0, 0.05) is 6.04 Å². The molecule has 0 saturated heterocycles. The summed E-state index contributed by atoms with van der Waals surface area (Å²) < 4.78 is 5.71. The fourth-order valence-corrected chi connectivity index (χ4v) is 1.83. The number of hydrogen-bond acceptors (Lipinski definition) is 2. The SMILES string of the molecule is CNC(COCc1ccccc1)C1CC1. The van der Waals surface area contributed by atoms with Crippen LogP contribution in [0.3, 0.4) is 0 Å². The molecule has 0 spiro atoms. The second-order valence-corrected chi connectivity index (χ2v) is 4.23. The first-order valence-electron chi connectivity index (χ1n) is 5.69. The van der Waals surface area contributed by atoms with Gasteiger partial charge in [0.15, 0.2) is 0 Å². The second kappa shape index (κ2) is 5.29. The third kappa shape index (κ3) is 3.33. The minimum Gasteiger partial charge on any atom is -0.375 e. The zero-order chi connectivity index (χ0) is 10.5. The molecule has 1 aliphatic rings. The molecule has 1 N–H and O–H groups in total. The van der Waals surface area contributed by atoms with Crippen LogP contribution >= 0.6 is 0 Å². The molecule has 0 aliphatic heterocycles. The number of ether oxygens (including phenoxy) is 1. The molecule has 82 valence electrons. The van der Waals surface area contributed by atoms with E-state index in [4.69, 9.17) is 4.74 Å². The highest BCUT2D eigenvalue weighted by Gasteiger charge is 2.29. The lowest BCUT2D eigenvalue weighted by Crippen LogP contribution is -2.32. The topological polar surface area (TPSA) is 21.3 Å².